The molecule has 0 aliphatic rings. The van der Waals surface area contributed by atoms with Gasteiger partial charge in [0, 0.05) is 18.2 Å². The van der Waals surface area contributed by atoms with Crippen LogP contribution >= 0.6 is 0 Å². The summed E-state index contributed by atoms with van der Waals surface area (Å²) in [6.07, 6.45) is 4.21. The van der Waals surface area contributed by atoms with E-state index >= 15 is 0 Å². The van der Waals surface area contributed by atoms with Gasteiger partial charge < -0.3 is 5.11 Å². The molecule has 0 unspecified atom stereocenters. The SMILES string of the molecule is CCCCCN(C(C)C)S(=O)(=O)c1[nH]ncc1CO. The van der Waals surface area contributed by atoms with Gasteiger partial charge in [-0.3, -0.25) is 5.10 Å². The molecule has 2 N–H and O–H groups in total. The molecular weight excluding hydrogens is 266 g/mol. The van der Waals surface area contributed by atoms with Crippen LogP contribution in [0.15, 0.2) is 11.2 Å². The number of rotatable bonds is 8. The maximum Gasteiger partial charge on any atom is 0.260 e. The zero-order valence-electron chi connectivity index (χ0n) is 11.8. The molecule has 110 valence electrons. The maximum absolute atomic E-state index is 12.6. The van der Waals surface area contributed by atoms with E-state index in [0.29, 0.717) is 12.1 Å². The van der Waals surface area contributed by atoms with Crippen molar-refractivity contribution in [1.82, 2.24) is 14.5 Å². The molecule has 0 atom stereocenters. The van der Waals surface area contributed by atoms with Crippen LogP contribution in [0, 0.1) is 0 Å². The number of aromatic amines is 1. The first kappa shape index (κ1) is 16.1. The first-order chi connectivity index (χ1) is 8.95. The molecule has 0 saturated heterocycles. The van der Waals surface area contributed by atoms with Crippen molar-refractivity contribution >= 4 is 10.0 Å². The Labute approximate surface area is 114 Å². The van der Waals surface area contributed by atoms with Gasteiger partial charge >= 0.3 is 0 Å². The summed E-state index contributed by atoms with van der Waals surface area (Å²) in [5.41, 5.74) is 0.307. The fraction of sp³-hybridized carbons (Fsp3) is 0.750. The second-order valence-electron chi connectivity index (χ2n) is 4.80. The third kappa shape index (κ3) is 3.77. The molecule has 19 heavy (non-hydrogen) atoms. The Morgan fingerprint density at radius 3 is 2.63 bits per heavy atom. The highest BCUT2D eigenvalue weighted by atomic mass is 32.2. The number of hydrogen-bond acceptors (Lipinski definition) is 4. The Balaban J connectivity index is 3.00. The Kier molecular flexibility index (Phi) is 5.96. The minimum Gasteiger partial charge on any atom is -0.392 e. The van der Waals surface area contributed by atoms with Gasteiger partial charge in [-0.1, -0.05) is 19.8 Å². The van der Waals surface area contributed by atoms with E-state index in [9.17, 15) is 8.42 Å². The molecular formula is C12H23N3O3S. The Hall–Kier alpha value is -0.920. The van der Waals surface area contributed by atoms with Crippen LogP contribution < -0.4 is 0 Å². The standard InChI is InChI=1S/C12H23N3O3S/c1-4-5-6-7-15(10(2)3)19(17,18)12-11(9-16)8-13-14-12/h8,10,16H,4-7,9H2,1-3H3,(H,13,14). The van der Waals surface area contributed by atoms with E-state index in [1.165, 1.54) is 10.5 Å². The number of aliphatic hydroxyl groups is 1. The predicted octanol–water partition coefficient (Wildman–Crippen LogP) is 1.49. The minimum absolute atomic E-state index is 0.000184. The number of hydrogen-bond donors (Lipinski definition) is 2. The van der Waals surface area contributed by atoms with Crippen LogP contribution in [0.2, 0.25) is 0 Å². The zero-order valence-corrected chi connectivity index (χ0v) is 12.6. The fourth-order valence-corrected chi connectivity index (χ4v) is 3.70. The van der Waals surface area contributed by atoms with E-state index in [1.54, 1.807) is 0 Å². The zero-order chi connectivity index (χ0) is 14.5. The van der Waals surface area contributed by atoms with E-state index in [2.05, 4.69) is 17.1 Å². The summed E-state index contributed by atoms with van der Waals surface area (Å²) in [4.78, 5) is 0. The second kappa shape index (κ2) is 7.02. The van der Waals surface area contributed by atoms with Crippen LogP contribution in [-0.4, -0.2) is 40.6 Å². The third-order valence-corrected chi connectivity index (χ3v) is 5.06. The normalized spacial score (nSPS) is 12.5. The van der Waals surface area contributed by atoms with Gasteiger partial charge in [-0.25, -0.2) is 8.42 Å². The molecule has 1 aromatic rings. The molecule has 6 nitrogen and oxygen atoms in total. The van der Waals surface area contributed by atoms with Crippen LogP contribution in [-0.2, 0) is 16.6 Å². The lowest BCUT2D eigenvalue weighted by Gasteiger charge is -2.25. The van der Waals surface area contributed by atoms with Crippen LogP contribution in [0.4, 0.5) is 0 Å². The van der Waals surface area contributed by atoms with Crippen molar-refractivity contribution < 1.29 is 13.5 Å². The Morgan fingerprint density at radius 2 is 2.11 bits per heavy atom. The van der Waals surface area contributed by atoms with Gasteiger partial charge in [0.25, 0.3) is 10.0 Å². The third-order valence-electron chi connectivity index (χ3n) is 2.97. The summed E-state index contributed by atoms with van der Waals surface area (Å²) in [5, 5.41) is 15.4. The average Bonchev–Trinajstić information content (AvgIpc) is 2.82. The van der Waals surface area contributed by atoms with Crippen LogP contribution in [0.25, 0.3) is 0 Å². The summed E-state index contributed by atoms with van der Waals surface area (Å²) in [6.45, 7) is 5.91. The van der Waals surface area contributed by atoms with Crippen LogP contribution in [0.1, 0.15) is 45.6 Å². The van der Waals surface area contributed by atoms with Crippen molar-refractivity contribution in [3.8, 4) is 0 Å². The van der Waals surface area contributed by atoms with Crippen molar-refractivity contribution in [2.75, 3.05) is 6.54 Å². The Morgan fingerprint density at radius 1 is 1.42 bits per heavy atom. The average molecular weight is 289 g/mol. The maximum atomic E-state index is 12.6. The summed E-state index contributed by atoms with van der Waals surface area (Å²) >= 11 is 0. The number of nitrogens with one attached hydrogen (secondary N) is 1. The molecule has 7 heteroatoms. The summed E-state index contributed by atoms with van der Waals surface area (Å²) in [7, 11) is -3.62. The molecule has 1 aromatic heterocycles. The fourth-order valence-electron chi connectivity index (χ4n) is 1.93. The van der Waals surface area contributed by atoms with Crippen molar-refractivity contribution in [2.45, 2.75) is 57.7 Å². The van der Waals surface area contributed by atoms with Gasteiger partial charge in [0.1, 0.15) is 0 Å². The summed E-state index contributed by atoms with van der Waals surface area (Å²) in [6, 6.07) is -0.128. The van der Waals surface area contributed by atoms with Gasteiger partial charge in [0.2, 0.25) is 0 Å². The van der Waals surface area contributed by atoms with Crippen LogP contribution in [0.5, 0.6) is 0 Å². The number of H-pyrrole nitrogens is 1. The van der Waals surface area contributed by atoms with Gasteiger partial charge in [-0.15, -0.1) is 0 Å². The number of nitrogens with zero attached hydrogens (tertiary/aromatic N) is 2. The topological polar surface area (TPSA) is 86.3 Å². The van der Waals surface area contributed by atoms with E-state index in [1.807, 2.05) is 13.8 Å². The van der Waals surface area contributed by atoms with Gasteiger partial charge in [-0.05, 0) is 20.3 Å². The molecule has 1 rings (SSSR count). The lowest BCUT2D eigenvalue weighted by atomic mass is 10.2. The smallest absolute Gasteiger partial charge is 0.260 e. The van der Waals surface area contributed by atoms with E-state index in [4.69, 9.17) is 5.11 Å². The lowest BCUT2D eigenvalue weighted by molar-refractivity contribution is 0.277. The van der Waals surface area contributed by atoms with E-state index in [0.717, 1.165) is 19.3 Å². The van der Waals surface area contributed by atoms with Crippen LogP contribution in [0.3, 0.4) is 0 Å². The number of aliphatic hydroxyl groups excluding tert-OH is 1. The van der Waals surface area contributed by atoms with Crippen molar-refractivity contribution in [3.63, 3.8) is 0 Å². The Bertz CT molecular complexity index is 482. The number of aromatic nitrogens is 2. The monoisotopic (exact) mass is 289 g/mol. The molecule has 0 fully saturated rings. The molecule has 0 amide bonds. The molecule has 0 saturated carbocycles. The van der Waals surface area contributed by atoms with Crippen molar-refractivity contribution in [2.24, 2.45) is 0 Å². The van der Waals surface area contributed by atoms with Crippen molar-refractivity contribution in [1.29, 1.82) is 0 Å². The highest BCUT2D eigenvalue weighted by Crippen LogP contribution is 2.20. The predicted molar refractivity (Wildman–Crippen MR) is 73.1 cm³/mol. The quantitative estimate of drug-likeness (QED) is 0.710. The molecule has 0 aromatic carbocycles. The van der Waals surface area contributed by atoms with E-state index < -0.39 is 10.0 Å². The van der Waals surface area contributed by atoms with E-state index in [-0.39, 0.29) is 17.7 Å². The summed E-state index contributed by atoms with van der Waals surface area (Å²) in [5.74, 6) is 0. The number of unbranched alkanes of at least 4 members (excludes halogenated alkanes) is 2. The first-order valence-electron chi connectivity index (χ1n) is 6.60. The highest BCUT2D eigenvalue weighted by molar-refractivity contribution is 7.89. The first-order valence-corrected chi connectivity index (χ1v) is 8.04. The molecule has 0 bridgehead atoms. The summed E-state index contributed by atoms with van der Waals surface area (Å²) < 4.78 is 26.6. The lowest BCUT2D eigenvalue weighted by Crippen LogP contribution is -2.38. The molecule has 1 heterocycles. The van der Waals surface area contributed by atoms with Crippen molar-refractivity contribution in [3.05, 3.63) is 11.8 Å². The van der Waals surface area contributed by atoms with Gasteiger partial charge in [0.15, 0.2) is 5.03 Å². The largest absolute Gasteiger partial charge is 0.392 e. The molecule has 0 aliphatic heterocycles. The molecule has 0 spiro atoms. The highest BCUT2D eigenvalue weighted by Gasteiger charge is 2.30. The number of sulfonamides is 1. The molecule has 0 radical (unpaired) electrons. The molecule has 0 aliphatic carbocycles. The van der Waals surface area contributed by atoms with Gasteiger partial charge in [-0.2, -0.15) is 9.40 Å². The second-order valence-corrected chi connectivity index (χ2v) is 6.63. The van der Waals surface area contributed by atoms with Gasteiger partial charge in [0.05, 0.1) is 12.8 Å². The minimum atomic E-state index is -3.62.